The summed E-state index contributed by atoms with van der Waals surface area (Å²) in [6.07, 6.45) is 3.60. The van der Waals surface area contributed by atoms with Gasteiger partial charge in [-0.1, -0.05) is 19.9 Å². The molecule has 1 saturated heterocycles. The first-order valence-corrected chi connectivity index (χ1v) is 12.4. The second kappa shape index (κ2) is 12.4. The summed E-state index contributed by atoms with van der Waals surface area (Å²) >= 11 is 0. The third kappa shape index (κ3) is 6.42. The van der Waals surface area contributed by atoms with Crippen molar-refractivity contribution in [2.75, 3.05) is 27.3 Å². The molecule has 190 valence electrons. The Balaban J connectivity index is 1.83. The fourth-order valence-electron chi connectivity index (χ4n) is 5.10. The predicted octanol–water partition coefficient (Wildman–Crippen LogP) is 3.66. The molecule has 0 N–H and O–H groups in total. The Kier molecular flexibility index (Phi) is 9.59. The van der Waals surface area contributed by atoms with E-state index in [-0.39, 0.29) is 6.42 Å². The summed E-state index contributed by atoms with van der Waals surface area (Å²) in [5.41, 5.74) is 2.37. The minimum absolute atomic E-state index is 0.239. The van der Waals surface area contributed by atoms with E-state index in [2.05, 4.69) is 24.8 Å². The van der Waals surface area contributed by atoms with Gasteiger partial charge in [0.25, 0.3) is 0 Å². The van der Waals surface area contributed by atoms with Crippen LogP contribution in [0.1, 0.15) is 64.0 Å². The standard InChI is InChI=1S/C26H39NO7/c1-6-12-27(13-7-2)19-9-10-21-18(14-19)8-11-22(30-4)25(21)34-24-16-20(32-17(3)28)15-23(33-24)26(29)31-5/h8,11,19-20,23-24H,6-7,9-10,12-16H2,1-5H3/t19?,20-,23?,24?/m0/s1. The number of fused-ring (bicyclic) bond motifs is 1. The number of benzene rings is 1. The van der Waals surface area contributed by atoms with E-state index < -0.39 is 30.4 Å². The second-order valence-electron chi connectivity index (χ2n) is 9.07. The molecule has 1 aromatic rings. The Hall–Kier alpha value is -2.32. The maximum absolute atomic E-state index is 12.2. The number of hydrogen-bond acceptors (Lipinski definition) is 8. The normalized spacial score (nSPS) is 24.3. The molecule has 0 saturated carbocycles. The average molecular weight is 478 g/mol. The van der Waals surface area contributed by atoms with Crippen molar-refractivity contribution in [2.45, 2.75) is 90.3 Å². The Morgan fingerprint density at radius 2 is 1.85 bits per heavy atom. The van der Waals surface area contributed by atoms with E-state index in [4.69, 9.17) is 23.7 Å². The molecule has 1 aliphatic carbocycles. The van der Waals surface area contributed by atoms with Gasteiger partial charge in [0.1, 0.15) is 6.10 Å². The van der Waals surface area contributed by atoms with Crippen LogP contribution in [0.3, 0.4) is 0 Å². The monoisotopic (exact) mass is 477 g/mol. The molecule has 0 amide bonds. The highest BCUT2D eigenvalue weighted by atomic mass is 16.7. The van der Waals surface area contributed by atoms with Crippen molar-refractivity contribution in [3.8, 4) is 11.5 Å². The fourth-order valence-corrected chi connectivity index (χ4v) is 5.10. The molecule has 1 fully saturated rings. The first-order valence-electron chi connectivity index (χ1n) is 12.4. The number of carbonyl (C=O) groups is 2. The largest absolute Gasteiger partial charge is 0.493 e. The third-order valence-electron chi connectivity index (χ3n) is 6.56. The summed E-state index contributed by atoms with van der Waals surface area (Å²) in [6, 6.07) is 4.57. The highest BCUT2D eigenvalue weighted by molar-refractivity contribution is 5.75. The lowest BCUT2D eigenvalue weighted by atomic mass is 9.86. The van der Waals surface area contributed by atoms with Crippen molar-refractivity contribution in [1.82, 2.24) is 4.90 Å². The molecule has 8 heteroatoms. The zero-order valence-electron chi connectivity index (χ0n) is 21.1. The van der Waals surface area contributed by atoms with Crippen LogP contribution in [0.25, 0.3) is 0 Å². The molecular weight excluding hydrogens is 438 g/mol. The average Bonchev–Trinajstić information content (AvgIpc) is 2.82. The first kappa shape index (κ1) is 26.3. The molecule has 1 heterocycles. The number of nitrogens with zero attached hydrogens (tertiary/aromatic N) is 1. The molecular formula is C26H39NO7. The fraction of sp³-hybridized carbons (Fsp3) is 0.692. The van der Waals surface area contributed by atoms with Crippen molar-refractivity contribution in [2.24, 2.45) is 0 Å². The van der Waals surface area contributed by atoms with Crippen LogP contribution in [0.2, 0.25) is 0 Å². The number of ether oxygens (including phenoxy) is 5. The minimum Gasteiger partial charge on any atom is -0.493 e. The van der Waals surface area contributed by atoms with Crippen LogP contribution >= 0.6 is 0 Å². The van der Waals surface area contributed by atoms with E-state index in [1.165, 1.54) is 19.6 Å². The van der Waals surface area contributed by atoms with Gasteiger partial charge < -0.3 is 28.6 Å². The van der Waals surface area contributed by atoms with Gasteiger partial charge in [0.15, 0.2) is 17.6 Å². The molecule has 2 aliphatic rings. The lowest BCUT2D eigenvalue weighted by molar-refractivity contribution is -0.204. The number of rotatable bonds is 10. The van der Waals surface area contributed by atoms with Crippen LogP contribution in [-0.2, 0) is 36.6 Å². The number of hydrogen-bond donors (Lipinski definition) is 0. The van der Waals surface area contributed by atoms with Gasteiger partial charge in [-0.25, -0.2) is 4.79 Å². The predicted molar refractivity (Wildman–Crippen MR) is 127 cm³/mol. The minimum atomic E-state index is -0.861. The number of esters is 2. The van der Waals surface area contributed by atoms with Gasteiger partial charge in [0.05, 0.1) is 14.2 Å². The van der Waals surface area contributed by atoms with E-state index in [9.17, 15) is 9.59 Å². The van der Waals surface area contributed by atoms with E-state index in [0.717, 1.165) is 50.8 Å². The Morgan fingerprint density at radius 3 is 2.47 bits per heavy atom. The smallest absolute Gasteiger partial charge is 0.335 e. The van der Waals surface area contributed by atoms with Gasteiger partial charge in [0, 0.05) is 31.4 Å². The molecule has 1 aromatic carbocycles. The third-order valence-corrected chi connectivity index (χ3v) is 6.56. The van der Waals surface area contributed by atoms with E-state index in [1.54, 1.807) is 7.11 Å². The first-order chi connectivity index (χ1) is 16.4. The van der Waals surface area contributed by atoms with Crippen LogP contribution in [0, 0.1) is 0 Å². The Bertz CT molecular complexity index is 837. The van der Waals surface area contributed by atoms with Gasteiger partial charge in [-0.15, -0.1) is 0 Å². The maximum atomic E-state index is 12.2. The van der Waals surface area contributed by atoms with Crippen molar-refractivity contribution in [1.29, 1.82) is 0 Å². The van der Waals surface area contributed by atoms with Crippen LogP contribution in [0.15, 0.2) is 12.1 Å². The molecule has 0 bridgehead atoms. The van der Waals surface area contributed by atoms with Crippen LogP contribution in [-0.4, -0.2) is 68.7 Å². The van der Waals surface area contributed by atoms with Crippen LogP contribution in [0.4, 0.5) is 0 Å². The Labute approximate surface area is 202 Å². The molecule has 34 heavy (non-hydrogen) atoms. The van der Waals surface area contributed by atoms with E-state index in [0.29, 0.717) is 24.0 Å². The summed E-state index contributed by atoms with van der Waals surface area (Å²) in [7, 11) is 2.93. The van der Waals surface area contributed by atoms with E-state index in [1.807, 2.05) is 6.07 Å². The van der Waals surface area contributed by atoms with Gasteiger partial charge in [-0.05, 0) is 56.8 Å². The van der Waals surface area contributed by atoms with Crippen LogP contribution in [0.5, 0.6) is 11.5 Å². The zero-order valence-corrected chi connectivity index (χ0v) is 21.1. The zero-order chi connectivity index (χ0) is 24.7. The topological polar surface area (TPSA) is 83.5 Å². The summed E-state index contributed by atoms with van der Waals surface area (Å²) < 4.78 is 28.1. The highest BCUT2D eigenvalue weighted by Gasteiger charge is 2.38. The van der Waals surface area contributed by atoms with Crippen molar-refractivity contribution in [3.05, 3.63) is 23.3 Å². The number of carbonyl (C=O) groups excluding carboxylic acids is 2. The summed E-state index contributed by atoms with van der Waals surface area (Å²) in [6.45, 7) is 8.02. The molecule has 3 rings (SSSR count). The summed E-state index contributed by atoms with van der Waals surface area (Å²) in [4.78, 5) is 26.3. The van der Waals surface area contributed by atoms with Gasteiger partial charge in [0.2, 0.25) is 6.29 Å². The van der Waals surface area contributed by atoms with Crippen molar-refractivity contribution >= 4 is 11.9 Å². The van der Waals surface area contributed by atoms with Crippen LogP contribution < -0.4 is 9.47 Å². The lowest BCUT2D eigenvalue weighted by Crippen LogP contribution is -2.44. The molecule has 1 aliphatic heterocycles. The number of methoxy groups -OCH3 is 2. The molecule has 8 nitrogen and oxygen atoms in total. The lowest BCUT2D eigenvalue weighted by Gasteiger charge is -2.37. The summed E-state index contributed by atoms with van der Waals surface area (Å²) in [5, 5.41) is 0. The summed E-state index contributed by atoms with van der Waals surface area (Å²) in [5.74, 6) is 0.359. The Morgan fingerprint density at radius 1 is 1.12 bits per heavy atom. The SMILES string of the molecule is CCCN(CCC)C1CCc2c(ccc(OC)c2OC2C[C@@H](OC(C)=O)CC(C(=O)OC)O2)C1. The molecule has 0 spiro atoms. The van der Waals surface area contributed by atoms with Gasteiger partial charge >= 0.3 is 11.9 Å². The van der Waals surface area contributed by atoms with Crippen molar-refractivity contribution in [3.63, 3.8) is 0 Å². The van der Waals surface area contributed by atoms with Crippen molar-refractivity contribution < 1.29 is 33.3 Å². The molecule has 4 atom stereocenters. The quantitative estimate of drug-likeness (QED) is 0.472. The highest BCUT2D eigenvalue weighted by Crippen LogP contribution is 2.40. The maximum Gasteiger partial charge on any atom is 0.335 e. The molecule has 0 aromatic heterocycles. The second-order valence-corrected chi connectivity index (χ2v) is 9.07. The van der Waals surface area contributed by atoms with E-state index >= 15 is 0 Å². The molecule has 0 radical (unpaired) electrons. The van der Waals surface area contributed by atoms with Gasteiger partial charge in [-0.3, -0.25) is 4.79 Å². The molecule has 3 unspecified atom stereocenters. The van der Waals surface area contributed by atoms with Gasteiger partial charge in [-0.2, -0.15) is 0 Å².